The zero-order valence-corrected chi connectivity index (χ0v) is 9.69. The van der Waals surface area contributed by atoms with Crippen molar-refractivity contribution in [2.24, 2.45) is 5.92 Å². The van der Waals surface area contributed by atoms with Gasteiger partial charge in [-0.2, -0.15) is 0 Å². The van der Waals surface area contributed by atoms with Crippen molar-refractivity contribution in [3.63, 3.8) is 0 Å². The monoisotopic (exact) mass is 216 g/mol. The maximum Gasteiger partial charge on any atom is 0.309 e. The standard InChI is InChI=1S/C14H16O2/c1-3-16-14(15)12(2)8-7-11-13-9-5-4-6-10-13/h4-6,9-10,12H,3,8H2,1-2H3. The van der Waals surface area contributed by atoms with Gasteiger partial charge >= 0.3 is 5.97 Å². The van der Waals surface area contributed by atoms with Gasteiger partial charge in [0.1, 0.15) is 0 Å². The summed E-state index contributed by atoms with van der Waals surface area (Å²) in [6, 6.07) is 9.73. The van der Waals surface area contributed by atoms with Gasteiger partial charge in [0.15, 0.2) is 0 Å². The summed E-state index contributed by atoms with van der Waals surface area (Å²) in [6.45, 7) is 4.06. The van der Waals surface area contributed by atoms with E-state index >= 15 is 0 Å². The minimum Gasteiger partial charge on any atom is -0.466 e. The molecule has 2 heteroatoms. The molecule has 0 aliphatic carbocycles. The average molecular weight is 216 g/mol. The molecule has 1 aromatic rings. The third kappa shape index (κ3) is 4.18. The molecule has 0 N–H and O–H groups in total. The molecule has 0 aliphatic rings. The van der Waals surface area contributed by atoms with E-state index in [2.05, 4.69) is 11.8 Å². The Balaban J connectivity index is 2.46. The zero-order chi connectivity index (χ0) is 11.8. The molecule has 0 saturated heterocycles. The highest BCUT2D eigenvalue weighted by Gasteiger charge is 2.11. The van der Waals surface area contributed by atoms with E-state index < -0.39 is 0 Å². The van der Waals surface area contributed by atoms with Crippen molar-refractivity contribution in [1.82, 2.24) is 0 Å². The van der Waals surface area contributed by atoms with Gasteiger partial charge in [-0.05, 0) is 19.1 Å². The first kappa shape index (κ1) is 12.3. The van der Waals surface area contributed by atoms with E-state index in [9.17, 15) is 4.79 Å². The second-order valence-corrected chi connectivity index (χ2v) is 3.53. The molecule has 2 nitrogen and oxygen atoms in total. The Morgan fingerprint density at radius 2 is 2.06 bits per heavy atom. The van der Waals surface area contributed by atoms with Gasteiger partial charge in [0.25, 0.3) is 0 Å². The van der Waals surface area contributed by atoms with Crippen LogP contribution in [-0.2, 0) is 9.53 Å². The zero-order valence-electron chi connectivity index (χ0n) is 9.69. The van der Waals surface area contributed by atoms with Crippen LogP contribution in [0, 0.1) is 17.8 Å². The van der Waals surface area contributed by atoms with Gasteiger partial charge in [-0.25, -0.2) is 0 Å². The molecule has 1 aromatic carbocycles. The molecule has 0 fully saturated rings. The van der Waals surface area contributed by atoms with Gasteiger partial charge in [0.2, 0.25) is 0 Å². The molecule has 1 atom stereocenters. The Morgan fingerprint density at radius 3 is 2.69 bits per heavy atom. The number of benzene rings is 1. The molecule has 0 amide bonds. The molecule has 16 heavy (non-hydrogen) atoms. The normalized spacial score (nSPS) is 11.1. The molecular weight excluding hydrogens is 200 g/mol. The van der Waals surface area contributed by atoms with E-state index in [0.29, 0.717) is 13.0 Å². The molecule has 0 aromatic heterocycles. The molecule has 0 saturated carbocycles. The van der Waals surface area contributed by atoms with Crippen LogP contribution in [-0.4, -0.2) is 12.6 Å². The van der Waals surface area contributed by atoms with E-state index in [1.165, 1.54) is 0 Å². The predicted octanol–water partition coefficient (Wildman–Crippen LogP) is 2.63. The van der Waals surface area contributed by atoms with Crippen LogP contribution in [0.5, 0.6) is 0 Å². The SMILES string of the molecule is CCOC(=O)C(C)CC#Cc1ccccc1. The molecule has 0 spiro atoms. The Kier molecular flexibility index (Phi) is 5.15. The van der Waals surface area contributed by atoms with E-state index in [-0.39, 0.29) is 11.9 Å². The van der Waals surface area contributed by atoms with Crippen LogP contribution in [0.4, 0.5) is 0 Å². The van der Waals surface area contributed by atoms with Crippen LogP contribution < -0.4 is 0 Å². The van der Waals surface area contributed by atoms with Crippen LogP contribution in [0.15, 0.2) is 30.3 Å². The van der Waals surface area contributed by atoms with Gasteiger partial charge in [-0.15, -0.1) is 0 Å². The fourth-order valence-electron chi connectivity index (χ4n) is 1.20. The average Bonchev–Trinajstić information content (AvgIpc) is 2.30. The summed E-state index contributed by atoms with van der Waals surface area (Å²) >= 11 is 0. The Morgan fingerprint density at radius 1 is 1.38 bits per heavy atom. The van der Waals surface area contributed by atoms with Gasteiger partial charge in [-0.1, -0.05) is 37.0 Å². The van der Waals surface area contributed by atoms with Crippen LogP contribution in [0.2, 0.25) is 0 Å². The predicted molar refractivity (Wildman–Crippen MR) is 63.7 cm³/mol. The lowest BCUT2D eigenvalue weighted by molar-refractivity contribution is -0.147. The minimum atomic E-state index is -0.176. The van der Waals surface area contributed by atoms with Gasteiger partial charge in [-0.3, -0.25) is 4.79 Å². The lowest BCUT2D eigenvalue weighted by atomic mass is 10.1. The van der Waals surface area contributed by atoms with Gasteiger partial charge < -0.3 is 4.74 Å². The topological polar surface area (TPSA) is 26.3 Å². The molecule has 0 radical (unpaired) electrons. The Hall–Kier alpha value is -1.75. The number of hydrogen-bond acceptors (Lipinski definition) is 2. The second kappa shape index (κ2) is 6.68. The summed E-state index contributed by atoms with van der Waals surface area (Å²) in [5, 5.41) is 0. The van der Waals surface area contributed by atoms with E-state index in [1.54, 1.807) is 6.92 Å². The van der Waals surface area contributed by atoms with Crippen molar-refractivity contribution >= 4 is 5.97 Å². The van der Waals surface area contributed by atoms with E-state index in [4.69, 9.17) is 4.74 Å². The summed E-state index contributed by atoms with van der Waals surface area (Å²) < 4.78 is 4.90. The number of carbonyl (C=O) groups excluding carboxylic acids is 1. The van der Waals surface area contributed by atoms with Crippen molar-refractivity contribution in [2.75, 3.05) is 6.61 Å². The quantitative estimate of drug-likeness (QED) is 0.573. The summed E-state index contributed by atoms with van der Waals surface area (Å²) in [6.07, 6.45) is 0.535. The number of esters is 1. The smallest absolute Gasteiger partial charge is 0.309 e. The maximum absolute atomic E-state index is 11.3. The molecule has 1 rings (SSSR count). The van der Waals surface area contributed by atoms with Crippen molar-refractivity contribution in [3.05, 3.63) is 35.9 Å². The fourth-order valence-corrected chi connectivity index (χ4v) is 1.20. The van der Waals surface area contributed by atoms with Crippen LogP contribution in [0.3, 0.4) is 0 Å². The van der Waals surface area contributed by atoms with Crippen LogP contribution in [0.25, 0.3) is 0 Å². The summed E-state index contributed by atoms with van der Waals surface area (Å²) in [7, 11) is 0. The van der Waals surface area contributed by atoms with E-state index in [0.717, 1.165) is 5.56 Å². The largest absolute Gasteiger partial charge is 0.466 e. The molecule has 0 bridgehead atoms. The maximum atomic E-state index is 11.3. The lowest BCUT2D eigenvalue weighted by Gasteiger charge is -2.05. The second-order valence-electron chi connectivity index (χ2n) is 3.53. The highest BCUT2D eigenvalue weighted by Crippen LogP contribution is 2.04. The van der Waals surface area contributed by atoms with Gasteiger partial charge in [0.05, 0.1) is 12.5 Å². The summed E-state index contributed by atoms with van der Waals surface area (Å²) in [4.78, 5) is 11.3. The summed E-state index contributed by atoms with van der Waals surface area (Å²) in [5.41, 5.74) is 0.971. The molecule has 0 aliphatic heterocycles. The van der Waals surface area contributed by atoms with Crippen molar-refractivity contribution < 1.29 is 9.53 Å². The van der Waals surface area contributed by atoms with E-state index in [1.807, 2.05) is 37.3 Å². The van der Waals surface area contributed by atoms with Crippen LogP contribution in [0.1, 0.15) is 25.8 Å². The van der Waals surface area contributed by atoms with Crippen molar-refractivity contribution in [1.29, 1.82) is 0 Å². The third-order valence-electron chi connectivity index (χ3n) is 2.10. The molecule has 1 unspecified atom stereocenters. The molecular formula is C14H16O2. The van der Waals surface area contributed by atoms with Gasteiger partial charge in [0, 0.05) is 12.0 Å². The number of ether oxygens (including phenoxy) is 1. The highest BCUT2D eigenvalue weighted by atomic mass is 16.5. The van der Waals surface area contributed by atoms with Crippen molar-refractivity contribution in [3.8, 4) is 11.8 Å². The van der Waals surface area contributed by atoms with Crippen LogP contribution >= 0.6 is 0 Å². The lowest BCUT2D eigenvalue weighted by Crippen LogP contribution is -2.13. The Bertz CT molecular complexity index is 384. The minimum absolute atomic E-state index is 0.156. The number of rotatable bonds is 3. The molecule has 84 valence electrons. The first-order valence-electron chi connectivity index (χ1n) is 5.44. The number of carbonyl (C=O) groups is 1. The molecule has 0 heterocycles. The fraction of sp³-hybridized carbons (Fsp3) is 0.357. The summed E-state index contributed by atoms with van der Waals surface area (Å²) in [5.74, 6) is 5.67. The Labute approximate surface area is 96.6 Å². The first-order valence-corrected chi connectivity index (χ1v) is 5.44. The number of hydrogen-bond donors (Lipinski definition) is 0. The third-order valence-corrected chi connectivity index (χ3v) is 2.10. The first-order chi connectivity index (χ1) is 7.74. The van der Waals surface area contributed by atoms with Crippen molar-refractivity contribution in [2.45, 2.75) is 20.3 Å². The highest BCUT2D eigenvalue weighted by molar-refractivity contribution is 5.72.